The number of benzene rings is 2. The van der Waals surface area contributed by atoms with Crippen molar-refractivity contribution in [1.82, 2.24) is 14.7 Å². The molecule has 0 radical (unpaired) electrons. The van der Waals surface area contributed by atoms with E-state index in [4.69, 9.17) is 30.5 Å². The Morgan fingerprint density at radius 2 is 1.95 bits per heavy atom. The van der Waals surface area contributed by atoms with E-state index in [1.807, 2.05) is 4.90 Å². The zero-order chi connectivity index (χ0) is 26.2. The number of amides is 1. The fourth-order valence-corrected chi connectivity index (χ4v) is 4.16. The molecule has 1 N–H and O–H groups in total. The fourth-order valence-electron chi connectivity index (χ4n) is 3.89. The minimum absolute atomic E-state index is 0.0933. The molecule has 10 nitrogen and oxygen atoms in total. The van der Waals surface area contributed by atoms with E-state index in [1.54, 1.807) is 61.3 Å². The number of aryl methyl sites for hydroxylation is 1. The quantitative estimate of drug-likeness (QED) is 0.316. The van der Waals surface area contributed by atoms with Gasteiger partial charge < -0.3 is 24.3 Å². The molecule has 0 unspecified atom stereocenters. The number of hydrogen-bond acceptors (Lipinski definition) is 8. The monoisotopic (exact) mass is 528 g/mol. The predicted molar refractivity (Wildman–Crippen MR) is 138 cm³/mol. The molecule has 1 saturated heterocycles. The third-order valence-electron chi connectivity index (χ3n) is 5.78. The van der Waals surface area contributed by atoms with Crippen molar-refractivity contribution in [2.24, 2.45) is 7.05 Å². The van der Waals surface area contributed by atoms with Crippen molar-refractivity contribution in [1.29, 1.82) is 0 Å². The number of rotatable bonds is 10. The highest BCUT2D eigenvalue weighted by atomic mass is 35.5. The van der Waals surface area contributed by atoms with Gasteiger partial charge in [0.25, 0.3) is 5.91 Å². The number of morpholine rings is 1. The second-order valence-corrected chi connectivity index (χ2v) is 8.73. The van der Waals surface area contributed by atoms with Crippen LogP contribution in [0.1, 0.15) is 10.4 Å². The lowest BCUT2D eigenvalue weighted by Crippen LogP contribution is -2.40. The molecule has 0 atom stereocenters. The number of ether oxygens (including phenoxy) is 4. The molecule has 2 aromatic carbocycles. The van der Waals surface area contributed by atoms with E-state index in [0.29, 0.717) is 65.3 Å². The molecule has 0 saturated carbocycles. The Hall–Kier alpha value is -3.60. The average Bonchev–Trinajstić information content (AvgIpc) is 3.25. The first-order chi connectivity index (χ1) is 17.9. The predicted octanol–water partition coefficient (Wildman–Crippen LogP) is 3.26. The third-order valence-corrected chi connectivity index (χ3v) is 6.06. The van der Waals surface area contributed by atoms with Gasteiger partial charge in [-0.05, 0) is 36.4 Å². The summed E-state index contributed by atoms with van der Waals surface area (Å²) in [6, 6.07) is 12.1. The van der Waals surface area contributed by atoms with Crippen LogP contribution in [0.2, 0.25) is 5.02 Å². The molecule has 0 bridgehead atoms. The minimum atomic E-state index is -0.309. The maximum Gasteiger partial charge on any atom is 0.320 e. The number of carbonyl (C=O) groups excluding carboxylic acids is 2. The average molecular weight is 529 g/mol. The standard InChI is InChI=1S/C26H29ClN4O6/c1-30-25(22(27)16-28-30)21-15-19(29-26(33)18-4-3-5-20(14-18)34-2)6-7-23(21)36-12-13-37-24(32)17-31-8-10-35-11-9-31/h3-7,14-16H,8-13,17H2,1-2H3,(H,29,33). The minimum Gasteiger partial charge on any atom is -0.497 e. The summed E-state index contributed by atoms with van der Waals surface area (Å²) in [5.74, 6) is 0.497. The molecule has 1 aliphatic rings. The van der Waals surface area contributed by atoms with Crippen LogP contribution in [0.4, 0.5) is 5.69 Å². The van der Waals surface area contributed by atoms with Gasteiger partial charge in [-0.1, -0.05) is 17.7 Å². The number of nitrogens with one attached hydrogen (secondary N) is 1. The van der Waals surface area contributed by atoms with Crippen molar-refractivity contribution in [3.63, 3.8) is 0 Å². The lowest BCUT2D eigenvalue weighted by Gasteiger charge is -2.25. The summed E-state index contributed by atoms with van der Waals surface area (Å²) >= 11 is 6.41. The molecular formula is C26H29ClN4O6. The second-order valence-electron chi connectivity index (χ2n) is 8.32. The van der Waals surface area contributed by atoms with Gasteiger partial charge >= 0.3 is 5.97 Å². The number of anilines is 1. The lowest BCUT2D eigenvalue weighted by atomic mass is 10.1. The van der Waals surface area contributed by atoms with Gasteiger partial charge in [0, 0.05) is 37.0 Å². The Kier molecular flexibility index (Phi) is 8.99. The zero-order valence-electron chi connectivity index (χ0n) is 20.7. The lowest BCUT2D eigenvalue weighted by molar-refractivity contribution is -0.146. The van der Waals surface area contributed by atoms with Gasteiger partial charge in [-0.25, -0.2) is 0 Å². The van der Waals surface area contributed by atoms with E-state index in [9.17, 15) is 9.59 Å². The molecule has 2 heterocycles. The van der Waals surface area contributed by atoms with Crippen molar-refractivity contribution in [2.45, 2.75) is 0 Å². The molecule has 4 rings (SSSR count). The van der Waals surface area contributed by atoms with Crippen LogP contribution < -0.4 is 14.8 Å². The Labute approximate surface area is 220 Å². The molecule has 1 aromatic heterocycles. The van der Waals surface area contributed by atoms with Crippen molar-refractivity contribution in [3.8, 4) is 22.8 Å². The molecule has 3 aromatic rings. The first-order valence-electron chi connectivity index (χ1n) is 11.8. The van der Waals surface area contributed by atoms with E-state index in [1.165, 1.54) is 6.20 Å². The number of nitrogens with zero attached hydrogens (tertiary/aromatic N) is 3. The van der Waals surface area contributed by atoms with Crippen LogP contribution in [-0.2, 0) is 21.3 Å². The van der Waals surface area contributed by atoms with Crippen molar-refractivity contribution < 1.29 is 28.5 Å². The first kappa shape index (κ1) is 26.5. The van der Waals surface area contributed by atoms with Crippen molar-refractivity contribution in [3.05, 3.63) is 59.2 Å². The van der Waals surface area contributed by atoms with Crippen LogP contribution in [0.15, 0.2) is 48.7 Å². The summed E-state index contributed by atoms with van der Waals surface area (Å²) in [7, 11) is 3.31. The number of hydrogen-bond donors (Lipinski definition) is 1. The highest BCUT2D eigenvalue weighted by Gasteiger charge is 2.18. The molecule has 11 heteroatoms. The van der Waals surface area contributed by atoms with Gasteiger partial charge in [-0.15, -0.1) is 0 Å². The Morgan fingerprint density at radius 3 is 2.68 bits per heavy atom. The van der Waals surface area contributed by atoms with Gasteiger partial charge in [-0.3, -0.25) is 19.2 Å². The van der Waals surface area contributed by atoms with E-state index < -0.39 is 0 Å². The van der Waals surface area contributed by atoms with Gasteiger partial charge in [-0.2, -0.15) is 5.10 Å². The molecule has 37 heavy (non-hydrogen) atoms. The SMILES string of the molecule is COc1cccc(C(=O)Nc2ccc(OCCOC(=O)CN3CCOCC3)c(-c3c(Cl)cnn3C)c2)c1. The molecule has 196 valence electrons. The van der Waals surface area contributed by atoms with Crippen LogP contribution in [0, 0.1) is 0 Å². The van der Waals surface area contributed by atoms with E-state index >= 15 is 0 Å². The number of aromatic nitrogens is 2. The Bertz CT molecular complexity index is 1220. The van der Waals surface area contributed by atoms with Gasteiger partial charge in [0.2, 0.25) is 0 Å². The molecule has 0 spiro atoms. The summed E-state index contributed by atoms with van der Waals surface area (Å²) in [6.07, 6.45) is 1.54. The molecule has 1 amide bonds. The Morgan fingerprint density at radius 1 is 1.14 bits per heavy atom. The number of carbonyl (C=O) groups is 2. The van der Waals surface area contributed by atoms with Gasteiger partial charge in [0.15, 0.2) is 0 Å². The molecule has 0 aliphatic carbocycles. The first-order valence-corrected chi connectivity index (χ1v) is 12.2. The van der Waals surface area contributed by atoms with Crippen LogP contribution in [0.3, 0.4) is 0 Å². The second kappa shape index (κ2) is 12.6. The van der Waals surface area contributed by atoms with Gasteiger partial charge in [0.1, 0.15) is 24.7 Å². The summed E-state index contributed by atoms with van der Waals surface area (Å²) in [4.78, 5) is 26.9. The van der Waals surface area contributed by atoms with Crippen molar-refractivity contribution in [2.75, 3.05) is 58.5 Å². The van der Waals surface area contributed by atoms with Crippen LogP contribution >= 0.6 is 11.6 Å². The summed E-state index contributed by atoms with van der Waals surface area (Å²) in [5.41, 5.74) is 2.26. The van der Waals surface area contributed by atoms with Crippen LogP contribution in [0.25, 0.3) is 11.3 Å². The maximum absolute atomic E-state index is 12.8. The topological polar surface area (TPSA) is 104 Å². The van der Waals surface area contributed by atoms with E-state index in [-0.39, 0.29) is 31.6 Å². The Balaban J connectivity index is 1.43. The number of methoxy groups -OCH3 is 1. The van der Waals surface area contributed by atoms with E-state index in [0.717, 1.165) is 0 Å². The normalized spacial score (nSPS) is 13.7. The largest absolute Gasteiger partial charge is 0.497 e. The number of esters is 1. The summed E-state index contributed by atoms with van der Waals surface area (Å²) in [6.45, 7) is 3.11. The zero-order valence-corrected chi connectivity index (χ0v) is 21.5. The summed E-state index contributed by atoms with van der Waals surface area (Å²) in [5, 5.41) is 7.54. The smallest absolute Gasteiger partial charge is 0.320 e. The number of halogens is 1. The maximum atomic E-state index is 12.8. The van der Waals surface area contributed by atoms with Gasteiger partial charge in [0.05, 0.1) is 43.8 Å². The highest BCUT2D eigenvalue weighted by Crippen LogP contribution is 2.36. The fraction of sp³-hybridized carbons (Fsp3) is 0.346. The third kappa shape index (κ3) is 7.00. The highest BCUT2D eigenvalue weighted by molar-refractivity contribution is 6.33. The van der Waals surface area contributed by atoms with Crippen LogP contribution in [0.5, 0.6) is 11.5 Å². The molecule has 1 aliphatic heterocycles. The summed E-state index contributed by atoms with van der Waals surface area (Å²) < 4.78 is 23.4. The van der Waals surface area contributed by atoms with Crippen molar-refractivity contribution >= 4 is 29.2 Å². The van der Waals surface area contributed by atoms with Crippen LogP contribution in [-0.4, -0.2) is 79.7 Å². The van der Waals surface area contributed by atoms with E-state index in [2.05, 4.69) is 10.4 Å². The molecular weight excluding hydrogens is 500 g/mol. The molecule has 1 fully saturated rings.